The predicted molar refractivity (Wildman–Crippen MR) is 72.1 cm³/mol. The van der Waals surface area contributed by atoms with Gasteiger partial charge >= 0.3 is 0 Å². The van der Waals surface area contributed by atoms with E-state index < -0.39 is 0 Å². The van der Waals surface area contributed by atoms with Crippen molar-refractivity contribution in [1.29, 1.82) is 5.26 Å². The van der Waals surface area contributed by atoms with Gasteiger partial charge in [-0.25, -0.2) is 0 Å². The zero-order valence-electron chi connectivity index (χ0n) is 10.7. The fourth-order valence-electron chi connectivity index (χ4n) is 2.34. The van der Waals surface area contributed by atoms with Crippen molar-refractivity contribution in [3.8, 4) is 6.07 Å². The van der Waals surface area contributed by atoms with Gasteiger partial charge in [0.1, 0.15) is 5.76 Å². The van der Waals surface area contributed by atoms with E-state index in [1.807, 2.05) is 36.4 Å². The van der Waals surface area contributed by atoms with Crippen molar-refractivity contribution in [2.45, 2.75) is 32.0 Å². The SMILES string of the molecule is N#Cc1ccccc1CN(Cc1ccco1)C1CC1. The Hall–Kier alpha value is -2.05. The first-order chi connectivity index (χ1) is 9.36. The molecule has 0 spiro atoms. The number of nitrogens with zero attached hydrogens (tertiary/aromatic N) is 2. The van der Waals surface area contributed by atoms with Gasteiger partial charge in [0.15, 0.2) is 0 Å². The molecule has 1 aliphatic carbocycles. The largest absolute Gasteiger partial charge is 0.468 e. The van der Waals surface area contributed by atoms with Crippen LogP contribution in [0.25, 0.3) is 0 Å². The van der Waals surface area contributed by atoms with Crippen LogP contribution in [0.2, 0.25) is 0 Å². The summed E-state index contributed by atoms with van der Waals surface area (Å²) in [4.78, 5) is 2.40. The minimum absolute atomic E-state index is 0.636. The highest BCUT2D eigenvalue weighted by atomic mass is 16.3. The van der Waals surface area contributed by atoms with Crippen molar-refractivity contribution in [3.63, 3.8) is 0 Å². The molecule has 0 atom stereocenters. The van der Waals surface area contributed by atoms with E-state index in [0.717, 1.165) is 30.0 Å². The van der Waals surface area contributed by atoms with Crippen LogP contribution in [-0.2, 0) is 13.1 Å². The van der Waals surface area contributed by atoms with E-state index in [9.17, 15) is 0 Å². The van der Waals surface area contributed by atoms with E-state index in [-0.39, 0.29) is 0 Å². The molecular weight excluding hydrogens is 236 g/mol. The maximum Gasteiger partial charge on any atom is 0.117 e. The second kappa shape index (κ2) is 5.29. The molecular formula is C16H16N2O. The summed E-state index contributed by atoms with van der Waals surface area (Å²) in [7, 11) is 0. The molecule has 1 aliphatic rings. The lowest BCUT2D eigenvalue weighted by molar-refractivity contribution is 0.225. The fraction of sp³-hybridized carbons (Fsp3) is 0.312. The lowest BCUT2D eigenvalue weighted by atomic mass is 10.1. The molecule has 3 rings (SSSR count). The zero-order valence-corrected chi connectivity index (χ0v) is 10.7. The molecule has 2 aromatic rings. The van der Waals surface area contributed by atoms with Crippen LogP contribution in [0.5, 0.6) is 0 Å². The first-order valence-corrected chi connectivity index (χ1v) is 6.61. The molecule has 1 fully saturated rings. The Bertz CT molecular complexity index is 579. The van der Waals surface area contributed by atoms with E-state index in [0.29, 0.717) is 6.04 Å². The molecule has 96 valence electrons. The van der Waals surface area contributed by atoms with Gasteiger partial charge in [-0.2, -0.15) is 5.26 Å². The van der Waals surface area contributed by atoms with Crippen molar-refractivity contribution in [1.82, 2.24) is 4.90 Å². The highest BCUT2D eigenvalue weighted by Crippen LogP contribution is 2.30. The summed E-state index contributed by atoms with van der Waals surface area (Å²) in [6.45, 7) is 1.63. The minimum atomic E-state index is 0.636. The van der Waals surface area contributed by atoms with Crippen LogP contribution in [0.1, 0.15) is 29.7 Å². The molecule has 0 amide bonds. The number of hydrogen-bond acceptors (Lipinski definition) is 3. The quantitative estimate of drug-likeness (QED) is 0.819. The van der Waals surface area contributed by atoms with Gasteiger partial charge in [-0.15, -0.1) is 0 Å². The minimum Gasteiger partial charge on any atom is -0.468 e. The second-order valence-corrected chi connectivity index (χ2v) is 4.98. The Kier molecular flexibility index (Phi) is 3.35. The van der Waals surface area contributed by atoms with Crippen LogP contribution < -0.4 is 0 Å². The van der Waals surface area contributed by atoms with Crippen molar-refractivity contribution in [2.24, 2.45) is 0 Å². The molecule has 0 aliphatic heterocycles. The molecule has 19 heavy (non-hydrogen) atoms. The maximum absolute atomic E-state index is 9.16. The molecule has 0 bridgehead atoms. The average molecular weight is 252 g/mol. The Balaban J connectivity index is 1.76. The van der Waals surface area contributed by atoms with Gasteiger partial charge in [-0.05, 0) is 36.6 Å². The zero-order chi connectivity index (χ0) is 13.1. The normalized spacial score (nSPS) is 14.5. The summed E-state index contributed by atoms with van der Waals surface area (Å²) < 4.78 is 5.43. The highest BCUT2D eigenvalue weighted by molar-refractivity contribution is 5.37. The number of nitriles is 1. The highest BCUT2D eigenvalue weighted by Gasteiger charge is 2.29. The number of benzene rings is 1. The monoisotopic (exact) mass is 252 g/mol. The van der Waals surface area contributed by atoms with Crippen LogP contribution in [0, 0.1) is 11.3 Å². The van der Waals surface area contributed by atoms with Crippen molar-refractivity contribution >= 4 is 0 Å². The fourth-order valence-corrected chi connectivity index (χ4v) is 2.34. The van der Waals surface area contributed by atoms with Gasteiger partial charge in [0.25, 0.3) is 0 Å². The number of hydrogen-bond donors (Lipinski definition) is 0. The van der Waals surface area contributed by atoms with Crippen LogP contribution in [0.3, 0.4) is 0 Å². The van der Waals surface area contributed by atoms with Gasteiger partial charge in [0.05, 0.1) is 24.4 Å². The number of rotatable bonds is 5. The molecule has 0 saturated heterocycles. The Morgan fingerprint density at radius 1 is 1.16 bits per heavy atom. The lowest BCUT2D eigenvalue weighted by Crippen LogP contribution is -2.25. The number of furan rings is 1. The Labute approximate surface area is 113 Å². The maximum atomic E-state index is 9.16. The van der Waals surface area contributed by atoms with Gasteiger partial charge in [0.2, 0.25) is 0 Å². The molecule has 0 radical (unpaired) electrons. The third-order valence-electron chi connectivity index (χ3n) is 3.51. The van der Waals surface area contributed by atoms with Crippen molar-refractivity contribution in [3.05, 3.63) is 59.5 Å². The van der Waals surface area contributed by atoms with Gasteiger partial charge in [-0.3, -0.25) is 4.90 Å². The Morgan fingerprint density at radius 2 is 2.00 bits per heavy atom. The molecule has 1 aromatic carbocycles. The average Bonchev–Trinajstić information content (AvgIpc) is 3.17. The first kappa shape index (κ1) is 12.0. The third-order valence-corrected chi connectivity index (χ3v) is 3.51. The van der Waals surface area contributed by atoms with Crippen LogP contribution in [0.15, 0.2) is 47.1 Å². The van der Waals surface area contributed by atoms with E-state index in [4.69, 9.17) is 9.68 Å². The standard InChI is InChI=1S/C16H16N2O/c17-10-13-4-1-2-5-14(13)11-18(15-7-8-15)12-16-6-3-9-19-16/h1-6,9,15H,7-8,11-12H2. The molecule has 0 unspecified atom stereocenters. The molecule has 1 saturated carbocycles. The van der Waals surface area contributed by atoms with Crippen LogP contribution in [0.4, 0.5) is 0 Å². The summed E-state index contributed by atoms with van der Waals surface area (Å²) in [6.07, 6.45) is 4.20. The molecule has 0 N–H and O–H groups in total. The van der Waals surface area contributed by atoms with E-state index >= 15 is 0 Å². The van der Waals surface area contributed by atoms with Crippen LogP contribution in [-0.4, -0.2) is 10.9 Å². The summed E-state index contributed by atoms with van der Waals surface area (Å²) in [6, 6.07) is 14.7. The smallest absolute Gasteiger partial charge is 0.117 e. The summed E-state index contributed by atoms with van der Waals surface area (Å²) in [5.74, 6) is 0.987. The van der Waals surface area contributed by atoms with E-state index in [2.05, 4.69) is 11.0 Å². The van der Waals surface area contributed by atoms with E-state index in [1.54, 1.807) is 6.26 Å². The predicted octanol–water partition coefficient (Wildman–Crippen LogP) is 3.32. The summed E-state index contributed by atoms with van der Waals surface area (Å²) in [5.41, 5.74) is 1.87. The third kappa shape index (κ3) is 2.86. The lowest BCUT2D eigenvalue weighted by Gasteiger charge is -2.21. The second-order valence-electron chi connectivity index (χ2n) is 4.98. The molecule has 3 nitrogen and oxygen atoms in total. The molecule has 3 heteroatoms. The first-order valence-electron chi connectivity index (χ1n) is 6.61. The van der Waals surface area contributed by atoms with Gasteiger partial charge in [0, 0.05) is 12.6 Å². The topological polar surface area (TPSA) is 40.2 Å². The summed E-state index contributed by atoms with van der Waals surface area (Å²) >= 11 is 0. The Morgan fingerprint density at radius 3 is 2.68 bits per heavy atom. The van der Waals surface area contributed by atoms with Crippen molar-refractivity contribution in [2.75, 3.05) is 0 Å². The van der Waals surface area contributed by atoms with Crippen molar-refractivity contribution < 1.29 is 4.42 Å². The molecule has 1 aromatic heterocycles. The van der Waals surface area contributed by atoms with Crippen LogP contribution >= 0.6 is 0 Å². The summed E-state index contributed by atoms with van der Waals surface area (Å²) in [5, 5.41) is 9.16. The molecule has 1 heterocycles. The van der Waals surface area contributed by atoms with Gasteiger partial charge in [-0.1, -0.05) is 18.2 Å². The van der Waals surface area contributed by atoms with Gasteiger partial charge < -0.3 is 4.42 Å². The van der Waals surface area contributed by atoms with E-state index in [1.165, 1.54) is 12.8 Å².